The first-order valence-electron chi connectivity index (χ1n) is 6.13. The average molecular weight is 311 g/mol. The number of primary amides is 1. The number of amides is 4. The molecule has 1 aromatic rings. The molecule has 4 N–H and O–H groups in total. The molecule has 0 fully saturated rings. The number of esters is 1. The lowest BCUT2D eigenvalue weighted by atomic mass is 10.2. The molecule has 118 valence electrons. The SMILES string of the molecule is C[C@@H](OC(=O)CNC(=O)c1ccccc1F)C(=O)NC(N)=O. The maximum absolute atomic E-state index is 13.3. The maximum Gasteiger partial charge on any atom is 0.326 e. The zero-order valence-electron chi connectivity index (χ0n) is 11.6. The molecule has 0 aromatic heterocycles. The fraction of sp³-hybridized carbons (Fsp3) is 0.231. The number of halogens is 1. The Kier molecular flexibility index (Phi) is 5.99. The number of urea groups is 1. The van der Waals surface area contributed by atoms with Crippen molar-refractivity contribution in [1.29, 1.82) is 0 Å². The van der Waals surface area contributed by atoms with Gasteiger partial charge in [-0.15, -0.1) is 0 Å². The van der Waals surface area contributed by atoms with Crippen molar-refractivity contribution in [2.75, 3.05) is 6.54 Å². The average Bonchev–Trinajstić information content (AvgIpc) is 2.44. The number of ether oxygens (including phenoxy) is 1. The molecule has 22 heavy (non-hydrogen) atoms. The predicted molar refractivity (Wildman–Crippen MR) is 72.0 cm³/mol. The number of nitrogens with two attached hydrogens (primary N) is 1. The van der Waals surface area contributed by atoms with Crippen LogP contribution < -0.4 is 16.4 Å². The molecule has 4 amide bonds. The van der Waals surface area contributed by atoms with E-state index in [0.717, 1.165) is 6.07 Å². The third-order valence-corrected chi connectivity index (χ3v) is 2.44. The lowest BCUT2D eigenvalue weighted by Gasteiger charge is -2.12. The van der Waals surface area contributed by atoms with Crippen molar-refractivity contribution in [3.05, 3.63) is 35.6 Å². The van der Waals surface area contributed by atoms with Crippen LogP contribution in [0, 0.1) is 5.82 Å². The zero-order valence-corrected chi connectivity index (χ0v) is 11.6. The van der Waals surface area contributed by atoms with Crippen LogP contribution in [0.1, 0.15) is 17.3 Å². The smallest absolute Gasteiger partial charge is 0.326 e. The number of benzene rings is 1. The molecule has 0 spiro atoms. The summed E-state index contributed by atoms with van der Waals surface area (Å²) < 4.78 is 18.0. The van der Waals surface area contributed by atoms with Crippen LogP contribution in [0.2, 0.25) is 0 Å². The van der Waals surface area contributed by atoms with Crippen LogP contribution >= 0.6 is 0 Å². The Labute approximate surface area is 124 Å². The Hall–Kier alpha value is -2.97. The summed E-state index contributed by atoms with van der Waals surface area (Å²) in [4.78, 5) is 44.8. The highest BCUT2D eigenvalue weighted by atomic mass is 19.1. The molecule has 8 nitrogen and oxygen atoms in total. The summed E-state index contributed by atoms with van der Waals surface area (Å²) in [6.07, 6.45) is -1.27. The highest BCUT2D eigenvalue weighted by molar-refractivity contribution is 5.97. The number of nitrogens with one attached hydrogen (secondary N) is 2. The van der Waals surface area contributed by atoms with Crippen molar-refractivity contribution in [3.63, 3.8) is 0 Å². The van der Waals surface area contributed by atoms with Gasteiger partial charge in [-0.3, -0.25) is 19.7 Å². The molecular formula is C13H14FN3O5. The zero-order chi connectivity index (χ0) is 16.7. The second-order valence-corrected chi connectivity index (χ2v) is 4.15. The molecule has 0 bridgehead atoms. The number of hydrogen-bond acceptors (Lipinski definition) is 5. The molecule has 0 aliphatic rings. The molecular weight excluding hydrogens is 297 g/mol. The summed E-state index contributed by atoms with van der Waals surface area (Å²) in [6, 6.07) is 4.15. The van der Waals surface area contributed by atoms with E-state index in [2.05, 4.69) is 10.1 Å². The predicted octanol–water partition coefficient (Wildman–Crippen LogP) is -0.318. The molecule has 0 radical (unpaired) electrons. The number of imide groups is 1. The summed E-state index contributed by atoms with van der Waals surface area (Å²) >= 11 is 0. The van der Waals surface area contributed by atoms with Gasteiger partial charge in [0.1, 0.15) is 12.4 Å². The van der Waals surface area contributed by atoms with E-state index >= 15 is 0 Å². The van der Waals surface area contributed by atoms with Gasteiger partial charge in [0.15, 0.2) is 6.10 Å². The van der Waals surface area contributed by atoms with E-state index in [4.69, 9.17) is 5.73 Å². The lowest BCUT2D eigenvalue weighted by Crippen LogP contribution is -2.43. The number of carbonyl (C=O) groups is 4. The maximum atomic E-state index is 13.3. The minimum absolute atomic E-state index is 0.227. The van der Waals surface area contributed by atoms with Crippen molar-refractivity contribution >= 4 is 23.8 Å². The van der Waals surface area contributed by atoms with Gasteiger partial charge in [0, 0.05) is 0 Å². The van der Waals surface area contributed by atoms with Gasteiger partial charge >= 0.3 is 12.0 Å². The van der Waals surface area contributed by atoms with Crippen LogP contribution in [0.3, 0.4) is 0 Å². The van der Waals surface area contributed by atoms with E-state index in [-0.39, 0.29) is 5.56 Å². The van der Waals surface area contributed by atoms with Gasteiger partial charge in [-0.2, -0.15) is 0 Å². The molecule has 0 aliphatic heterocycles. The van der Waals surface area contributed by atoms with E-state index in [1.54, 1.807) is 5.32 Å². The van der Waals surface area contributed by atoms with Crippen LogP contribution in [-0.2, 0) is 14.3 Å². The van der Waals surface area contributed by atoms with Crippen molar-refractivity contribution in [1.82, 2.24) is 10.6 Å². The van der Waals surface area contributed by atoms with Gasteiger partial charge < -0.3 is 15.8 Å². The molecule has 0 saturated heterocycles. The first kappa shape index (κ1) is 17.1. The third-order valence-electron chi connectivity index (χ3n) is 2.44. The fourth-order valence-corrected chi connectivity index (χ4v) is 1.41. The van der Waals surface area contributed by atoms with Crippen LogP contribution in [0.15, 0.2) is 24.3 Å². The summed E-state index contributed by atoms with van der Waals surface area (Å²) in [6.45, 7) is 0.649. The second-order valence-electron chi connectivity index (χ2n) is 4.15. The van der Waals surface area contributed by atoms with Crippen molar-refractivity contribution in [3.8, 4) is 0 Å². The molecule has 9 heteroatoms. The van der Waals surface area contributed by atoms with Gasteiger partial charge in [-0.25, -0.2) is 9.18 Å². The normalized spacial score (nSPS) is 11.2. The molecule has 0 heterocycles. The van der Waals surface area contributed by atoms with E-state index in [1.165, 1.54) is 25.1 Å². The van der Waals surface area contributed by atoms with Gasteiger partial charge in [0.25, 0.3) is 11.8 Å². The first-order valence-corrected chi connectivity index (χ1v) is 6.13. The van der Waals surface area contributed by atoms with E-state index in [1.807, 2.05) is 0 Å². The Bertz CT molecular complexity index is 605. The molecule has 1 rings (SSSR count). The summed E-state index contributed by atoms with van der Waals surface area (Å²) in [5, 5.41) is 3.88. The van der Waals surface area contributed by atoms with Gasteiger partial charge in [-0.1, -0.05) is 12.1 Å². The molecule has 0 aliphatic carbocycles. The van der Waals surface area contributed by atoms with Crippen LogP contribution in [-0.4, -0.2) is 36.5 Å². The summed E-state index contributed by atoms with van der Waals surface area (Å²) in [5.41, 5.74) is 4.51. The Morgan fingerprint density at radius 1 is 1.27 bits per heavy atom. The second kappa shape index (κ2) is 7.72. The first-order chi connectivity index (χ1) is 10.3. The van der Waals surface area contributed by atoms with Crippen molar-refractivity contribution < 1.29 is 28.3 Å². The number of rotatable bonds is 5. The van der Waals surface area contributed by atoms with Crippen LogP contribution in [0.5, 0.6) is 0 Å². The highest BCUT2D eigenvalue weighted by Crippen LogP contribution is 2.05. The largest absolute Gasteiger partial charge is 0.451 e. The Morgan fingerprint density at radius 2 is 1.91 bits per heavy atom. The van der Waals surface area contributed by atoms with Crippen LogP contribution in [0.25, 0.3) is 0 Å². The number of hydrogen-bond donors (Lipinski definition) is 3. The van der Waals surface area contributed by atoms with E-state index < -0.39 is 42.3 Å². The fourth-order valence-electron chi connectivity index (χ4n) is 1.41. The Morgan fingerprint density at radius 3 is 2.50 bits per heavy atom. The lowest BCUT2D eigenvalue weighted by molar-refractivity contribution is -0.153. The summed E-state index contributed by atoms with van der Waals surface area (Å²) in [7, 11) is 0. The van der Waals surface area contributed by atoms with E-state index in [9.17, 15) is 23.6 Å². The Balaban J connectivity index is 2.46. The van der Waals surface area contributed by atoms with E-state index in [0.29, 0.717) is 0 Å². The van der Waals surface area contributed by atoms with Crippen molar-refractivity contribution in [2.24, 2.45) is 5.73 Å². The quantitative estimate of drug-likeness (QED) is 0.642. The monoisotopic (exact) mass is 311 g/mol. The number of carbonyl (C=O) groups excluding carboxylic acids is 4. The topological polar surface area (TPSA) is 128 Å². The van der Waals surface area contributed by atoms with Crippen molar-refractivity contribution in [2.45, 2.75) is 13.0 Å². The van der Waals surface area contributed by atoms with Crippen LogP contribution in [0.4, 0.5) is 9.18 Å². The highest BCUT2D eigenvalue weighted by Gasteiger charge is 2.19. The standard InChI is InChI=1S/C13H14FN3O5/c1-7(11(19)17-13(15)21)22-10(18)6-16-12(20)8-4-2-3-5-9(8)14/h2-5,7H,6H2,1H3,(H,16,20)(H3,15,17,19,21)/t7-/m1/s1. The minimum atomic E-state index is -1.27. The minimum Gasteiger partial charge on any atom is -0.451 e. The summed E-state index contributed by atoms with van der Waals surface area (Å²) in [5.74, 6) is -3.37. The molecule has 0 unspecified atom stereocenters. The molecule has 1 atom stereocenters. The third kappa shape index (κ3) is 5.19. The molecule has 0 saturated carbocycles. The molecule has 1 aromatic carbocycles. The van der Waals surface area contributed by atoms with Gasteiger partial charge in [-0.05, 0) is 19.1 Å². The van der Waals surface area contributed by atoms with Gasteiger partial charge in [0.05, 0.1) is 5.56 Å². The van der Waals surface area contributed by atoms with Gasteiger partial charge in [0.2, 0.25) is 0 Å².